The Kier molecular flexibility index (Phi) is 4.47. The molecule has 2 rings (SSSR count). The molecule has 0 fully saturated rings. The Morgan fingerprint density at radius 2 is 2.06 bits per heavy atom. The molecule has 1 N–H and O–H groups in total. The Labute approximate surface area is 108 Å². The number of aromatic nitrogens is 3. The van der Waals surface area contributed by atoms with Crippen molar-refractivity contribution in [3.05, 3.63) is 48.0 Å². The third kappa shape index (κ3) is 3.17. The predicted molar refractivity (Wildman–Crippen MR) is 72.0 cm³/mol. The number of nitrogens with one attached hydrogen (secondary N) is 1. The van der Waals surface area contributed by atoms with E-state index in [9.17, 15) is 0 Å². The predicted octanol–water partition coefficient (Wildman–Crippen LogP) is 2.54. The second-order valence-corrected chi connectivity index (χ2v) is 4.41. The highest BCUT2D eigenvalue weighted by Crippen LogP contribution is 2.11. The van der Waals surface area contributed by atoms with E-state index in [0.29, 0.717) is 6.04 Å². The molecule has 18 heavy (non-hydrogen) atoms. The van der Waals surface area contributed by atoms with Crippen LogP contribution in [0.15, 0.2) is 36.7 Å². The van der Waals surface area contributed by atoms with Gasteiger partial charge in [-0.1, -0.05) is 37.3 Å². The molecule has 4 heteroatoms. The fourth-order valence-corrected chi connectivity index (χ4v) is 1.93. The standard InChI is InChI=1S/C14H20N4/c1-3-9-18-14(16-11-17-18)10-15-12(2)13-7-5-4-6-8-13/h4-8,11-12,15H,3,9-10H2,1-2H3. The minimum atomic E-state index is 0.318. The van der Waals surface area contributed by atoms with E-state index in [1.807, 2.05) is 10.7 Å². The monoisotopic (exact) mass is 244 g/mol. The minimum absolute atomic E-state index is 0.318. The summed E-state index contributed by atoms with van der Waals surface area (Å²) in [5.41, 5.74) is 1.29. The number of aryl methyl sites for hydroxylation is 1. The molecule has 0 radical (unpaired) electrons. The van der Waals surface area contributed by atoms with Crippen molar-refractivity contribution in [2.45, 2.75) is 39.4 Å². The normalized spacial score (nSPS) is 12.6. The quantitative estimate of drug-likeness (QED) is 0.849. The van der Waals surface area contributed by atoms with Gasteiger partial charge in [0.25, 0.3) is 0 Å². The lowest BCUT2D eigenvalue weighted by atomic mass is 10.1. The largest absolute Gasteiger partial charge is 0.303 e. The second-order valence-electron chi connectivity index (χ2n) is 4.41. The lowest BCUT2D eigenvalue weighted by Crippen LogP contribution is -2.21. The average molecular weight is 244 g/mol. The third-order valence-electron chi connectivity index (χ3n) is 3.00. The van der Waals surface area contributed by atoms with Crippen molar-refractivity contribution in [2.75, 3.05) is 0 Å². The van der Waals surface area contributed by atoms with Crippen LogP contribution in [0, 0.1) is 0 Å². The molecule has 0 aliphatic heterocycles. The summed E-state index contributed by atoms with van der Waals surface area (Å²) < 4.78 is 1.96. The molecule has 0 saturated heterocycles. The van der Waals surface area contributed by atoms with Crippen molar-refractivity contribution in [1.29, 1.82) is 0 Å². The van der Waals surface area contributed by atoms with Gasteiger partial charge in [0, 0.05) is 12.6 Å². The van der Waals surface area contributed by atoms with Crippen molar-refractivity contribution in [2.24, 2.45) is 0 Å². The van der Waals surface area contributed by atoms with E-state index < -0.39 is 0 Å². The van der Waals surface area contributed by atoms with Crippen LogP contribution in [-0.4, -0.2) is 14.8 Å². The second kappa shape index (κ2) is 6.31. The van der Waals surface area contributed by atoms with Gasteiger partial charge in [0.2, 0.25) is 0 Å². The smallest absolute Gasteiger partial charge is 0.140 e. The molecule has 1 aromatic carbocycles. The van der Waals surface area contributed by atoms with Gasteiger partial charge in [0.1, 0.15) is 12.2 Å². The molecule has 4 nitrogen and oxygen atoms in total. The molecule has 1 unspecified atom stereocenters. The van der Waals surface area contributed by atoms with E-state index in [2.05, 4.69) is 53.5 Å². The zero-order valence-electron chi connectivity index (χ0n) is 11.0. The van der Waals surface area contributed by atoms with E-state index in [4.69, 9.17) is 0 Å². The zero-order valence-corrected chi connectivity index (χ0v) is 11.0. The fraction of sp³-hybridized carbons (Fsp3) is 0.429. The van der Waals surface area contributed by atoms with Gasteiger partial charge in [-0.25, -0.2) is 9.67 Å². The van der Waals surface area contributed by atoms with Gasteiger partial charge in [-0.3, -0.25) is 0 Å². The summed E-state index contributed by atoms with van der Waals surface area (Å²) in [6.07, 6.45) is 2.70. The lowest BCUT2D eigenvalue weighted by Gasteiger charge is -2.14. The van der Waals surface area contributed by atoms with Crippen molar-refractivity contribution >= 4 is 0 Å². The SMILES string of the molecule is CCCn1ncnc1CNC(C)c1ccccc1. The van der Waals surface area contributed by atoms with E-state index >= 15 is 0 Å². The molecule has 1 heterocycles. The van der Waals surface area contributed by atoms with Gasteiger partial charge in [-0.2, -0.15) is 5.10 Å². The molecule has 0 spiro atoms. The number of benzene rings is 1. The highest BCUT2D eigenvalue weighted by atomic mass is 15.3. The van der Waals surface area contributed by atoms with Gasteiger partial charge in [0.05, 0.1) is 6.54 Å². The number of hydrogen-bond acceptors (Lipinski definition) is 3. The summed E-state index contributed by atoms with van der Waals surface area (Å²) in [6, 6.07) is 10.7. The van der Waals surface area contributed by atoms with Crippen LogP contribution in [0.2, 0.25) is 0 Å². The lowest BCUT2D eigenvalue weighted by molar-refractivity contribution is 0.509. The molecule has 0 bridgehead atoms. The van der Waals surface area contributed by atoms with Crippen LogP contribution in [0.5, 0.6) is 0 Å². The number of rotatable bonds is 6. The van der Waals surface area contributed by atoms with Gasteiger partial charge in [0.15, 0.2) is 0 Å². The summed E-state index contributed by atoms with van der Waals surface area (Å²) in [5.74, 6) is 1.000. The molecule has 1 atom stereocenters. The van der Waals surface area contributed by atoms with E-state index in [1.54, 1.807) is 6.33 Å². The summed E-state index contributed by atoms with van der Waals surface area (Å²) in [6.45, 7) is 5.98. The summed E-state index contributed by atoms with van der Waals surface area (Å²) in [5, 5.41) is 7.70. The average Bonchev–Trinajstić information content (AvgIpc) is 2.85. The molecular formula is C14H20N4. The fourth-order valence-electron chi connectivity index (χ4n) is 1.93. The Morgan fingerprint density at radius 3 is 2.78 bits per heavy atom. The van der Waals surface area contributed by atoms with Gasteiger partial charge < -0.3 is 5.32 Å². The van der Waals surface area contributed by atoms with Crippen LogP contribution < -0.4 is 5.32 Å². The Hall–Kier alpha value is -1.68. The van der Waals surface area contributed by atoms with Crippen LogP contribution >= 0.6 is 0 Å². The highest BCUT2D eigenvalue weighted by Gasteiger charge is 2.07. The maximum atomic E-state index is 4.29. The first-order valence-electron chi connectivity index (χ1n) is 6.46. The molecule has 0 aliphatic rings. The van der Waals surface area contributed by atoms with Gasteiger partial charge in [-0.15, -0.1) is 0 Å². The van der Waals surface area contributed by atoms with Crippen LogP contribution in [-0.2, 0) is 13.1 Å². The van der Waals surface area contributed by atoms with Crippen LogP contribution in [0.4, 0.5) is 0 Å². The Bertz CT molecular complexity index is 464. The topological polar surface area (TPSA) is 42.7 Å². The van der Waals surface area contributed by atoms with Crippen molar-refractivity contribution in [1.82, 2.24) is 20.1 Å². The van der Waals surface area contributed by atoms with Crippen molar-refractivity contribution < 1.29 is 0 Å². The maximum absolute atomic E-state index is 4.29. The molecular weight excluding hydrogens is 224 g/mol. The van der Waals surface area contributed by atoms with Crippen LogP contribution in [0.1, 0.15) is 37.7 Å². The first-order valence-corrected chi connectivity index (χ1v) is 6.46. The molecule has 0 amide bonds. The summed E-state index contributed by atoms with van der Waals surface area (Å²) >= 11 is 0. The van der Waals surface area contributed by atoms with E-state index in [-0.39, 0.29) is 0 Å². The molecule has 0 aliphatic carbocycles. The Morgan fingerprint density at radius 1 is 1.28 bits per heavy atom. The maximum Gasteiger partial charge on any atom is 0.140 e. The van der Waals surface area contributed by atoms with E-state index in [1.165, 1.54) is 5.56 Å². The highest BCUT2D eigenvalue weighted by molar-refractivity contribution is 5.18. The molecule has 0 saturated carbocycles. The van der Waals surface area contributed by atoms with Crippen LogP contribution in [0.3, 0.4) is 0 Å². The van der Waals surface area contributed by atoms with E-state index in [0.717, 1.165) is 25.3 Å². The Balaban J connectivity index is 1.93. The number of hydrogen-bond donors (Lipinski definition) is 1. The third-order valence-corrected chi connectivity index (χ3v) is 3.00. The number of nitrogens with zero attached hydrogens (tertiary/aromatic N) is 3. The van der Waals surface area contributed by atoms with Crippen LogP contribution in [0.25, 0.3) is 0 Å². The molecule has 2 aromatic rings. The summed E-state index contributed by atoms with van der Waals surface area (Å²) in [7, 11) is 0. The minimum Gasteiger partial charge on any atom is -0.303 e. The first kappa shape index (κ1) is 12.8. The van der Waals surface area contributed by atoms with Gasteiger partial charge >= 0.3 is 0 Å². The van der Waals surface area contributed by atoms with Gasteiger partial charge in [-0.05, 0) is 18.9 Å². The zero-order chi connectivity index (χ0) is 12.8. The van der Waals surface area contributed by atoms with Crippen molar-refractivity contribution in [3.8, 4) is 0 Å². The van der Waals surface area contributed by atoms with Crippen molar-refractivity contribution in [3.63, 3.8) is 0 Å². The first-order chi connectivity index (χ1) is 8.81. The molecule has 1 aromatic heterocycles. The molecule has 96 valence electrons. The summed E-state index contributed by atoms with van der Waals surface area (Å²) in [4.78, 5) is 4.29.